The number of hydrogen-bond donors (Lipinski definition) is 0. The Morgan fingerprint density at radius 1 is 1.35 bits per heavy atom. The second-order valence-electron chi connectivity index (χ2n) is 5.72. The normalized spacial score (nSPS) is 15.5. The lowest BCUT2D eigenvalue weighted by Crippen LogP contribution is -2.58. The Balaban J connectivity index is 2.05. The van der Waals surface area contributed by atoms with Crippen LogP contribution in [-0.2, 0) is 4.79 Å². The second kappa shape index (κ2) is 6.69. The number of carbonyl (C=O) groups excluding carboxylic acids is 1. The van der Waals surface area contributed by atoms with Gasteiger partial charge in [-0.15, -0.1) is 11.3 Å². The quantitative estimate of drug-likeness (QED) is 0.513. The van der Waals surface area contributed by atoms with Crippen molar-refractivity contribution < 1.29 is 14.6 Å². The Kier molecular flexibility index (Phi) is 4.37. The van der Waals surface area contributed by atoms with Crippen LogP contribution in [0.15, 0.2) is 46.9 Å². The highest BCUT2D eigenvalue weighted by Gasteiger charge is 2.44. The molecular weight excluding hydrogens is 368 g/mol. The molecule has 4 rings (SSSR count). The van der Waals surface area contributed by atoms with Crippen molar-refractivity contribution in [2.75, 3.05) is 10.7 Å². The molecule has 8 heteroatoms. The van der Waals surface area contributed by atoms with Gasteiger partial charge in [0.2, 0.25) is 5.91 Å². The van der Waals surface area contributed by atoms with Gasteiger partial charge in [-0.1, -0.05) is 41.6 Å². The number of carbonyl (C=O) groups is 1. The molecule has 0 N–H and O–H groups in total. The standard InChI is InChI=1S/C18H16N4O2S2/c1-3-25-18-19-16(24)15-12-7-4-5-8-13(12)21(11(2)23)17(22(15)20-18)14-9-6-10-26-14/h4-10,17H,3H2,1-2H3. The Labute approximate surface area is 159 Å². The highest BCUT2D eigenvalue weighted by Crippen LogP contribution is 2.41. The molecule has 6 nitrogen and oxygen atoms in total. The lowest BCUT2D eigenvalue weighted by Gasteiger charge is -2.32. The number of thiophene rings is 1. The minimum absolute atomic E-state index is 0.107. The van der Waals surface area contributed by atoms with Gasteiger partial charge < -0.3 is 5.11 Å². The number of para-hydroxylation sites is 1. The molecule has 1 aromatic carbocycles. The predicted molar refractivity (Wildman–Crippen MR) is 99.1 cm³/mol. The third-order valence-corrected chi connectivity index (χ3v) is 5.76. The molecule has 0 bridgehead atoms. The molecule has 1 aliphatic rings. The molecule has 0 saturated carbocycles. The summed E-state index contributed by atoms with van der Waals surface area (Å²) in [5.74, 6) is 0.327. The summed E-state index contributed by atoms with van der Waals surface area (Å²) in [7, 11) is 0. The Hall–Kier alpha value is -2.45. The van der Waals surface area contributed by atoms with Crippen LogP contribution in [0, 0.1) is 0 Å². The van der Waals surface area contributed by atoms with Crippen molar-refractivity contribution in [1.82, 2.24) is 10.1 Å². The lowest BCUT2D eigenvalue weighted by atomic mass is 10.0. The Bertz CT molecular complexity index is 975. The van der Waals surface area contributed by atoms with Crippen molar-refractivity contribution in [3.8, 4) is 17.1 Å². The minimum atomic E-state index is -0.496. The molecular formula is C18H16N4O2S2. The number of anilines is 1. The number of nitrogens with zero attached hydrogens (tertiary/aromatic N) is 4. The molecule has 3 aromatic rings. The molecule has 1 amide bonds. The summed E-state index contributed by atoms with van der Waals surface area (Å²) in [6.07, 6.45) is -0.496. The predicted octanol–water partition coefficient (Wildman–Crippen LogP) is 2.59. The van der Waals surface area contributed by atoms with E-state index in [4.69, 9.17) is 0 Å². The Morgan fingerprint density at radius 2 is 2.15 bits per heavy atom. The van der Waals surface area contributed by atoms with Crippen LogP contribution in [0.25, 0.3) is 11.3 Å². The fourth-order valence-electron chi connectivity index (χ4n) is 3.16. The fourth-order valence-corrected chi connectivity index (χ4v) is 4.51. The smallest absolute Gasteiger partial charge is 0.302 e. The first-order chi connectivity index (χ1) is 12.6. The fraction of sp³-hybridized carbons (Fsp3) is 0.222. The van der Waals surface area contributed by atoms with Gasteiger partial charge in [-0.05, 0) is 29.3 Å². The number of rotatable bonds is 3. The zero-order chi connectivity index (χ0) is 18.3. The van der Waals surface area contributed by atoms with Gasteiger partial charge in [-0.2, -0.15) is 0 Å². The van der Waals surface area contributed by atoms with Gasteiger partial charge in [0.1, 0.15) is 0 Å². The summed E-state index contributed by atoms with van der Waals surface area (Å²) in [4.78, 5) is 19.3. The molecule has 0 spiro atoms. The minimum Gasteiger partial charge on any atom is -0.854 e. The highest BCUT2D eigenvalue weighted by molar-refractivity contribution is 7.99. The van der Waals surface area contributed by atoms with E-state index in [1.807, 2.05) is 48.7 Å². The first-order valence-electron chi connectivity index (χ1n) is 8.18. The molecule has 1 atom stereocenters. The number of fused-ring (bicyclic) bond motifs is 3. The maximum absolute atomic E-state index is 12.8. The molecule has 26 heavy (non-hydrogen) atoms. The number of thioether (sulfide) groups is 1. The second-order valence-corrected chi connectivity index (χ2v) is 7.93. The van der Waals surface area contributed by atoms with Gasteiger partial charge in [0.25, 0.3) is 10.9 Å². The van der Waals surface area contributed by atoms with Crippen LogP contribution < -0.4 is 14.7 Å². The van der Waals surface area contributed by atoms with E-state index in [1.54, 1.807) is 9.58 Å². The number of hydrogen-bond acceptors (Lipinski definition) is 6. The maximum atomic E-state index is 12.8. The van der Waals surface area contributed by atoms with E-state index in [1.165, 1.54) is 30.0 Å². The van der Waals surface area contributed by atoms with Crippen LogP contribution in [0.5, 0.6) is 5.88 Å². The van der Waals surface area contributed by atoms with Crippen LogP contribution in [0.1, 0.15) is 24.9 Å². The van der Waals surface area contributed by atoms with Gasteiger partial charge in [0.05, 0.1) is 22.0 Å². The first kappa shape index (κ1) is 17.0. The lowest BCUT2D eigenvalue weighted by molar-refractivity contribution is -0.763. The van der Waals surface area contributed by atoms with Gasteiger partial charge in [-0.3, -0.25) is 4.79 Å². The van der Waals surface area contributed by atoms with E-state index >= 15 is 0 Å². The molecule has 2 aromatic heterocycles. The average molecular weight is 384 g/mol. The molecule has 0 saturated heterocycles. The zero-order valence-corrected chi connectivity index (χ0v) is 15.9. The van der Waals surface area contributed by atoms with E-state index in [-0.39, 0.29) is 11.8 Å². The van der Waals surface area contributed by atoms with Crippen LogP contribution >= 0.6 is 23.1 Å². The molecule has 0 fully saturated rings. The van der Waals surface area contributed by atoms with Crippen LogP contribution in [0.3, 0.4) is 0 Å². The first-order valence-corrected chi connectivity index (χ1v) is 10.0. The highest BCUT2D eigenvalue weighted by atomic mass is 32.2. The van der Waals surface area contributed by atoms with Crippen LogP contribution in [0.2, 0.25) is 0 Å². The molecule has 1 unspecified atom stereocenters. The average Bonchev–Trinajstić information content (AvgIpc) is 3.14. The zero-order valence-electron chi connectivity index (χ0n) is 14.2. The third kappa shape index (κ3) is 2.65. The van der Waals surface area contributed by atoms with Crippen molar-refractivity contribution in [2.45, 2.75) is 25.2 Å². The van der Waals surface area contributed by atoms with Crippen molar-refractivity contribution in [1.29, 1.82) is 0 Å². The monoisotopic (exact) mass is 384 g/mol. The van der Waals surface area contributed by atoms with Crippen molar-refractivity contribution in [2.24, 2.45) is 0 Å². The van der Waals surface area contributed by atoms with Gasteiger partial charge in [0.15, 0.2) is 0 Å². The molecule has 132 valence electrons. The largest absolute Gasteiger partial charge is 0.854 e. The van der Waals surface area contributed by atoms with E-state index in [9.17, 15) is 9.90 Å². The topological polar surface area (TPSA) is 73.0 Å². The summed E-state index contributed by atoms with van der Waals surface area (Å²) >= 11 is 2.94. The SMILES string of the molecule is CCSc1nc([O-])c2[n+](n1)C(c1cccs1)N(C(C)=O)c1ccccc1-2. The van der Waals surface area contributed by atoms with Gasteiger partial charge in [-0.25, -0.2) is 9.88 Å². The number of aromatic nitrogens is 3. The number of benzene rings is 1. The van der Waals surface area contributed by atoms with E-state index in [2.05, 4.69) is 10.1 Å². The molecule has 0 aliphatic carbocycles. The van der Waals surface area contributed by atoms with Crippen molar-refractivity contribution in [3.63, 3.8) is 0 Å². The van der Waals surface area contributed by atoms with Crippen LogP contribution in [0.4, 0.5) is 5.69 Å². The summed E-state index contributed by atoms with van der Waals surface area (Å²) in [6, 6.07) is 11.3. The maximum Gasteiger partial charge on any atom is 0.302 e. The van der Waals surface area contributed by atoms with E-state index in [0.717, 1.165) is 10.6 Å². The summed E-state index contributed by atoms with van der Waals surface area (Å²) in [6.45, 7) is 3.51. The summed E-state index contributed by atoms with van der Waals surface area (Å²) < 4.78 is 1.66. The third-order valence-electron chi connectivity index (χ3n) is 4.13. The van der Waals surface area contributed by atoms with Crippen LogP contribution in [-0.4, -0.2) is 21.7 Å². The van der Waals surface area contributed by atoms with E-state index in [0.29, 0.717) is 22.1 Å². The molecule has 3 heterocycles. The van der Waals surface area contributed by atoms with Gasteiger partial charge >= 0.3 is 6.17 Å². The summed E-state index contributed by atoms with van der Waals surface area (Å²) in [5, 5.41) is 19.8. The van der Waals surface area contributed by atoms with Gasteiger partial charge in [0, 0.05) is 12.0 Å². The Morgan fingerprint density at radius 3 is 2.85 bits per heavy atom. The van der Waals surface area contributed by atoms with Crippen molar-refractivity contribution in [3.05, 3.63) is 46.7 Å². The molecule has 0 radical (unpaired) electrons. The molecule has 1 aliphatic heterocycles. The summed E-state index contributed by atoms with van der Waals surface area (Å²) in [5.41, 5.74) is 1.79. The number of amides is 1. The van der Waals surface area contributed by atoms with E-state index < -0.39 is 6.17 Å². The van der Waals surface area contributed by atoms with Crippen molar-refractivity contribution >= 4 is 34.7 Å².